The number of halogens is 2. The van der Waals surface area contributed by atoms with Crippen molar-refractivity contribution in [3.8, 4) is 22.7 Å². The zero-order valence-electron chi connectivity index (χ0n) is 18.8. The molecule has 0 bridgehead atoms. The van der Waals surface area contributed by atoms with Crippen LogP contribution in [-0.4, -0.2) is 21.7 Å². The Labute approximate surface area is 206 Å². The molecule has 0 atom stereocenters. The minimum atomic E-state index is -0.503. The smallest absolute Gasteiger partial charge is 0.309 e. The molecule has 5 rings (SSSR count). The van der Waals surface area contributed by atoms with Crippen LogP contribution in [0, 0.1) is 5.82 Å². The third-order valence-electron chi connectivity index (χ3n) is 5.65. The summed E-state index contributed by atoms with van der Waals surface area (Å²) in [5.41, 5.74) is 3.75. The predicted octanol–water partition coefficient (Wildman–Crippen LogP) is 6.39. The Morgan fingerprint density at radius 3 is 2.46 bits per heavy atom. The molecule has 4 aromatic rings. The number of benzene rings is 3. The molecular weight excluding hydrogens is 469 g/mol. The van der Waals surface area contributed by atoms with Crippen molar-refractivity contribution < 1.29 is 18.7 Å². The topological polar surface area (TPSA) is 73.2 Å². The van der Waals surface area contributed by atoms with Crippen molar-refractivity contribution in [3.63, 3.8) is 0 Å². The number of hydrogen-bond donors (Lipinski definition) is 1. The molecule has 35 heavy (non-hydrogen) atoms. The van der Waals surface area contributed by atoms with Crippen molar-refractivity contribution in [3.05, 3.63) is 94.9 Å². The lowest BCUT2D eigenvalue weighted by molar-refractivity contribution is -0.132. The molecule has 8 heteroatoms. The van der Waals surface area contributed by atoms with E-state index in [1.807, 2.05) is 12.1 Å². The standard InChI is InChI=1S/C27H21ClFN3O3/c1-16(33)35-27-24(25(18-8-9-18)31-32(27)23-7-3-6-21(29)15-23)17-10-12-22(13-11-17)30-26(34)19-4-2-5-20(28)14-19/h2-7,10-15,18H,8-9H2,1H3,(H,30,34). The van der Waals surface area contributed by atoms with Crippen molar-refractivity contribution in [2.45, 2.75) is 25.7 Å². The van der Waals surface area contributed by atoms with Gasteiger partial charge in [-0.2, -0.15) is 9.78 Å². The van der Waals surface area contributed by atoms with E-state index in [1.54, 1.807) is 48.5 Å². The van der Waals surface area contributed by atoms with E-state index in [9.17, 15) is 14.0 Å². The van der Waals surface area contributed by atoms with Crippen molar-refractivity contribution in [2.75, 3.05) is 5.32 Å². The third kappa shape index (κ3) is 4.95. The highest BCUT2D eigenvalue weighted by atomic mass is 35.5. The highest BCUT2D eigenvalue weighted by molar-refractivity contribution is 6.31. The first-order valence-corrected chi connectivity index (χ1v) is 11.5. The molecule has 1 amide bonds. The maximum Gasteiger partial charge on any atom is 0.309 e. The number of nitrogens with zero attached hydrogens (tertiary/aromatic N) is 2. The van der Waals surface area contributed by atoms with Gasteiger partial charge in [0.15, 0.2) is 0 Å². The van der Waals surface area contributed by atoms with Gasteiger partial charge >= 0.3 is 5.97 Å². The van der Waals surface area contributed by atoms with Gasteiger partial charge in [-0.05, 0) is 66.9 Å². The average Bonchev–Trinajstić information content (AvgIpc) is 3.61. The molecule has 1 heterocycles. The van der Waals surface area contributed by atoms with E-state index in [2.05, 4.69) is 5.32 Å². The molecular formula is C27H21ClFN3O3. The summed E-state index contributed by atoms with van der Waals surface area (Å²) < 4.78 is 21.0. The van der Waals surface area contributed by atoms with Crippen LogP contribution in [0.4, 0.5) is 10.1 Å². The molecule has 1 fully saturated rings. The first-order chi connectivity index (χ1) is 16.9. The monoisotopic (exact) mass is 489 g/mol. The highest BCUT2D eigenvalue weighted by Crippen LogP contribution is 2.48. The van der Waals surface area contributed by atoms with Crippen LogP contribution in [0.2, 0.25) is 5.02 Å². The molecule has 1 saturated carbocycles. The lowest BCUT2D eigenvalue weighted by Crippen LogP contribution is -2.11. The second-order valence-electron chi connectivity index (χ2n) is 8.37. The van der Waals surface area contributed by atoms with E-state index in [0.29, 0.717) is 27.5 Å². The molecule has 176 valence electrons. The van der Waals surface area contributed by atoms with Crippen molar-refractivity contribution in [1.82, 2.24) is 9.78 Å². The summed E-state index contributed by atoms with van der Waals surface area (Å²) >= 11 is 5.99. The Morgan fingerprint density at radius 1 is 1.06 bits per heavy atom. The first-order valence-electron chi connectivity index (χ1n) is 11.1. The van der Waals surface area contributed by atoms with Gasteiger partial charge in [0.2, 0.25) is 5.88 Å². The van der Waals surface area contributed by atoms with E-state index in [-0.39, 0.29) is 17.7 Å². The molecule has 1 N–H and O–H groups in total. The van der Waals surface area contributed by atoms with Gasteiger partial charge in [0.05, 0.1) is 16.9 Å². The zero-order valence-corrected chi connectivity index (χ0v) is 19.6. The summed E-state index contributed by atoms with van der Waals surface area (Å²) in [5, 5.41) is 8.06. The maximum atomic E-state index is 14.0. The molecule has 0 spiro atoms. The Balaban J connectivity index is 1.52. The van der Waals surface area contributed by atoms with Crippen LogP contribution in [0.15, 0.2) is 72.8 Å². The van der Waals surface area contributed by atoms with Crippen molar-refractivity contribution in [2.24, 2.45) is 0 Å². The van der Waals surface area contributed by atoms with Crippen LogP contribution >= 0.6 is 11.6 Å². The van der Waals surface area contributed by atoms with Gasteiger partial charge in [-0.15, -0.1) is 0 Å². The van der Waals surface area contributed by atoms with Gasteiger partial charge < -0.3 is 10.1 Å². The van der Waals surface area contributed by atoms with E-state index in [4.69, 9.17) is 21.4 Å². The average molecular weight is 490 g/mol. The van der Waals surface area contributed by atoms with Crippen LogP contribution in [0.1, 0.15) is 41.7 Å². The Hall–Kier alpha value is -3.97. The Bertz CT molecular complexity index is 1430. The number of hydrogen-bond acceptors (Lipinski definition) is 4. The normalized spacial score (nSPS) is 12.9. The molecule has 1 aliphatic carbocycles. The summed E-state index contributed by atoms with van der Waals surface area (Å²) in [7, 11) is 0. The molecule has 0 saturated heterocycles. The quantitative estimate of drug-likeness (QED) is 0.319. The number of carbonyl (C=O) groups excluding carboxylic acids is 2. The number of amides is 1. The van der Waals surface area contributed by atoms with Gasteiger partial charge in [-0.25, -0.2) is 4.39 Å². The van der Waals surface area contributed by atoms with Gasteiger partial charge in [-0.3, -0.25) is 9.59 Å². The summed E-state index contributed by atoms with van der Waals surface area (Å²) in [6.45, 7) is 1.32. The van der Waals surface area contributed by atoms with E-state index >= 15 is 0 Å². The summed E-state index contributed by atoms with van der Waals surface area (Å²) in [5.74, 6) is -0.729. The summed E-state index contributed by atoms with van der Waals surface area (Å²) in [4.78, 5) is 24.5. The summed E-state index contributed by atoms with van der Waals surface area (Å²) in [6, 6.07) is 19.9. The van der Waals surface area contributed by atoms with Crippen LogP contribution in [0.3, 0.4) is 0 Å². The van der Waals surface area contributed by atoms with Crippen molar-refractivity contribution >= 4 is 29.2 Å². The molecule has 1 aliphatic rings. The fourth-order valence-electron chi connectivity index (χ4n) is 3.90. The molecule has 1 aromatic heterocycles. The fourth-order valence-corrected chi connectivity index (χ4v) is 4.09. The van der Waals surface area contributed by atoms with Crippen LogP contribution < -0.4 is 10.1 Å². The van der Waals surface area contributed by atoms with Crippen LogP contribution in [0.25, 0.3) is 16.8 Å². The zero-order chi connectivity index (χ0) is 24.5. The lowest BCUT2D eigenvalue weighted by Gasteiger charge is -2.10. The lowest BCUT2D eigenvalue weighted by atomic mass is 10.0. The predicted molar refractivity (Wildman–Crippen MR) is 132 cm³/mol. The number of rotatable bonds is 6. The minimum absolute atomic E-state index is 0.233. The Kier molecular flexibility index (Phi) is 6.09. The number of anilines is 1. The molecule has 3 aromatic carbocycles. The Morgan fingerprint density at radius 2 is 1.80 bits per heavy atom. The number of nitrogens with one attached hydrogen (secondary N) is 1. The van der Waals surface area contributed by atoms with E-state index < -0.39 is 11.8 Å². The minimum Gasteiger partial charge on any atom is -0.407 e. The van der Waals surface area contributed by atoms with Crippen LogP contribution in [-0.2, 0) is 4.79 Å². The number of ether oxygens (including phenoxy) is 1. The number of esters is 1. The van der Waals surface area contributed by atoms with Gasteiger partial charge in [0.25, 0.3) is 5.91 Å². The second kappa shape index (κ2) is 9.35. The second-order valence-corrected chi connectivity index (χ2v) is 8.80. The number of carbonyl (C=O) groups is 2. The fraction of sp³-hybridized carbons (Fsp3) is 0.148. The first kappa shape index (κ1) is 22.8. The molecule has 0 unspecified atom stereocenters. The highest BCUT2D eigenvalue weighted by Gasteiger charge is 2.34. The van der Waals surface area contributed by atoms with Gasteiger partial charge in [0, 0.05) is 29.1 Å². The molecule has 0 radical (unpaired) electrons. The van der Waals surface area contributed by atoms with Gasteiger partial charge in [-0.1, -0.05) is 35.9 Å². The number of aromatic nitrogens is 2. The maximum absolute atomic E-state index is 14.0. The van der Waals surface area contributed by atoms with E-state index in [0.717, 1.165) is 24.1 Å². The van der Waals surface area contributed by atoms with Crippen molar-refractivity contribution in [1.29, 1.82) is 0 Å². The van der Waals surface area contributed by atoms with Gasteiger partial charge in [0.1, 0.15) is 5.82 Å². The van der Waals surface area contributed by atoms with Crippen LogP contribution in [0.5, 0.6) is 5.88 Å². The van der Waals surface area contributed by atoms with E-state index in [1.165, 1.54) is 23.7 Å². The largest absolute Gasteiger partial charge is 0.407 e. The molecule has 0 aliphatic heterocycles. The third-order valence-corrected chi connectivity index (χ3v) is 5.88. The summed E-state index contributed by atoms with van der Waals surface area (Å²) in [6.07, 6.45) is 1.95. The SMILES string of the molecule is CC(=O)Oc1c(-c2ccc(NC(=O)c3cccc(Cl)c3)cc2)c(C2CC2)nn1-c1cccc(F)c1. The molecule has 6 nitrogen and oxygen atoms in total.